The Hall–Kier alpha value is -0.770. The summed E-state index contributed by atoms with van der Waals surface area (Å²) < 4.78 is 3.05. The normalized spacial score (nSPS) is 16.2. The van der Waals surface area contributed by atoms with E-state index in [1.165, 1.54) is 12.8 Å². The van der Waals surface area contributed by atoms with Crippen LogP contribution in [0, 0.1) is 0 Å². The van der Waals surface area contributed by atoms with Crippen molar-refractivity contribution < 1.29 is 4.79 Å². The number of hydrogen-bond donors (Lipinski definition) is 1. The summed E-state index contributed by atoms with van der Waals surface area (Å²) in [4.78, 5) is 12.1. The number of rotatable bonds is 2. The predicted octanol–water partition coefficient (Wildman–Crippen LogP) is 3.11. The van der Waals surface area contributed by atoms with Crippen molar-refractivity contribution in [3.63, 3.8) is 0 Å². The van der Waals surface area contributed by atoms with E-state index in [-0.39, 0.29) is 11.4 Å². The van der Waals surface area contributed by atoms with Crippen molar-refractivity contribution in [1.82, 2.24) is 9.88 Å². The maximum atomic E-state index is 12.1. The maximum Gasteiger partial charge on any atom is 0.268 e. The van der Waals surface area contributed by atoms with Gasteiger partial charge in [-0.3, -0.25) is 4.79 Å². The Morgan fingerprint density at radius 3 is 2.62 bits per heavy atom. The number of amides is 1. The highest BCUT2D eigenvalue weighted by Crippen LogP contribution is 2.37. The molecular weight excluding hydrogens is 268 g/mol. The molecule has 2 rings (SSSR count). The van der Waals surface area contributed by atoms with E-state index < -0.39 is 0 Å². The lowest BCUT2D eigenvalue weighted by molar-refractivity contribution is 0.0910. The van der Waals surface area contributed by atoms with Crippen LogP contribution in [0.3, 0.4) is 0 Å². The molecule has 1 amide bonds. The molecule has 1 heterocycles. The molecule has 0 unspecified atom stereocenters. The Bertz CT molecular complexity index is 413. The minimum atomic E-state index is -0.192. The van der Waals surface area contributed by atoms with Crippen LogP contribution in [0.5, 0.6) is 0 Å². The molecule has 0 saturated heterocycles. The first-order valence-electron chi connectivity index (χ1n) is 5.57. The van der Waals surface area contributed by atoms with Gasteiger partial charge in [0.1, 0.15) is 5.69 Å². The number of nitrogens with zero attached hydrogens (tertiary/aromatic N) is 1. The first-order chi connectivity index (χ1) is 7.37. The molecule has 1 saturated carbocycles. The van der Waals surface area contributed by atoms with Crippen molar-refractivity contribution in [3.05, 3.63) is 22.4 Å². The quantitative estimate of drug-likeness (QED) is 0.890. The zero-order valence-corrected chi connectivity index (χ0v) is 11.5. The second kappa shape index (κ2) is 3.91. The molecule has 0 spiro atoms. The third-order valence-electron chi connectivity index (χ3n) is 2.48. The summed E-state index contributed by atoms with van der Waals surface area (Å²) in [5.74, 6) is 0.00472. The molecule has 0 aliphatic heterocycles. The van der Waals surface area contributed by atoms with E-state index in [0.717, 1.165) is 10.2 Å². The summed E-state index contributed by atoms with van der Waals surface area (Å²) in [6, 6.07) is 2.41. The molecule has 1 N–H and O–H groups in total. The molecule has 1 aromatic heterocycles. The van der Waals surface area contributed by atoms with Gasteiger partial charge in [0.05, 0.1) is 0 Å². The van der Waals surface area contributed by atoms with Gasteiger partial charge < -0.3 is 9.88 Å². The highest BCUT2D eigenvalue weighted by atomic mass is 79.9. The monoisotopic (exact) mass is 284 g/mol. The second-order valence-corrected chi connectivity index (χ2v) is 6.30. The van der Waals surface area contributed by atoms with Gasteiger partial charge >= 0.3 is 0 Å². The van der Waals surface area contributed by atoms with Gasteiger partial charge in [0.25, 0.3) is 5.91 Å². The molecule has 1 fully saturated rings. The Morgan fingerprint density at radius 2 is 2.12 bits per heavy atom. The molecule has 16 heavy (non-hydrogen) atoms. The fourth-order valence-electron chi connectivity index (χ4n) is 1.69. The van der Waals surface area contributed by atoms with Gasteiger partial charge in [0.2, 0.25) is 0 Å². The van der Waals surface area contributed by atoms with Crippen LogP contribution in [0.4, 0.5) is 0 Å². The topological polar surface area (TPSA) is 34.0 Å². The predicted molar refractivity (Wildman–Crippen MR) is 67.6 cm³/mol. The molecule has 0 atom stereocenters. The zero-order chi connectivity index (χ0) is 11.9. The lowest BCUT2D eigenvalue weighted by Crippen LogP contribution is -2.41. The summed E-state index contributed by atoms with van der Waals surface area (Å²) in [5, 5.41) is 2.99. The van der Waals surface area contributed by atoms with Gasteiger partial charge in [-0.25, -0.2) is 0 Å². The SMILES string of the molecule is CC(C)(C)NC(=O)c1cc(Br)cn1C1CC1. The fraction of sp³-hybridized carbons (Fsp3) is 0.583. The van der Waals surface area contributed by atoms with E-state index in [1.54, 1.807) is 0 Å². The summed E-state index contributed by atoms with van der Waals surface area (Å²) in [5.41, 5.74) is 0.562. The molecule has 1 aliphatic rings. The number of aromatic nitrogens is 1. The van der Waals surface area contributed by atoms with Crippen molar-refractivity contribution >= 4 is 21.8 Å². The van der Waals surface area contributed by atoms with E-state index in [1.807, 2.05) is 33.0 Å². The molecule has 1 aliphatic carbocycles. The van der Waals surface area contributed by atoms with Crippen LogP contribution < -0.4 is 5.32 Å². The Morgan fingerprint density at radius 1 is 1.50 bits per heavy atom. The summed E-state index contributed by atoms with van der Waals surface area (Å²) >= 11 is 3.43. The average molecular weight is 285 g/mol. The van der Waals surface area contributed by atoms with Crippen LogP contribution in [0.25, 0.3) is 0 Å². The summed E-state index contributed by atoms with van der Waals surface area (Å²) in [7, 11) is 0. The van der Waals surface area contributed by atoms with E-state index in [4.69, 9.17) is 0 Å². The first kappa shape index (κ1) is 11.7. The summed E-state index contributed by atoms with van der Waals surface area (Å²) in [6.45, 7) is 5.97. The minimum Gasteiger partial charge on any atom is -0.346 e. The molecule has 0 aromatic carbocycles. The fourth-order valence-corrected chi connectivity index (χ4v) is 2.12. The van der Waals surface area contributed by atoms with Gasteiger partial charge in [-0.05, 0) is 55.6 Å². The number of carbonyl (C=O) groups is 1. The number of hydrogen-bond acceptors (Lipinski definition) is 1. The van der Waals surface area contributed by atoms with Gasteiger partial charge in [0.15, 0.2) is 0 Å². The largest absolute Gasteiger partial charge is 0.346 e. The Kier molecular flexibility index (Phi) is 2.86. The van der Waals surface area contributed by atoms with Crippen LogP contribution in [0.15, 0.2) is 16.7 Å². The average Bonchev–Trinajstić information content (AvgIpc) is 2.87. The lowest BCUT2D eigenvalue weighted by atomic mass is 10.1. The standard InChI is InChI=1S/C12H17BrN2O/c1-12(2,3)14-11(16)10-6-8(13)7-15(10)9-4-5-9/h6-7,9H,4-5H2,1-3H3,(H,14,16). The zero-order valence-electron chi connectivity index (χ0n) is 9.88. The van der Waals surface area contributed by atoms with Crippen molar-refractivity contribution in [2.45, 2.75) is 45.2 Å². The highest BCUT2D eigenvalue weighted by Gasteiger charge is 2.28. The van der Waals surface area contributed by atoms with Gasteiger partial charge in [-0.2, -0.15) is 0 Å². The van der Waals surface area contributed by atoms with Gasteiger partial charge in [0, 0.05) is 22.3 Å². The van der Waals surface area contributed by atoms with Crippen molar-refractivity contribution in [3.8, 4) is 0 Å². The van der Waals surface area contributed by atoms with Crippen molar-refractivity contribution in [2.75, 3.05) is 0 Å². The Balaban J connectivity index is 2.22. The molecule has 3 nitrogen and oxygen atoms in total. The van der Waals surface area contributed by atoms with Crippen LogP contribution in [0.2, 0.25) is 0 Å². The molecule has 0 radical (unpaired) electrons. The van der Waals surface area contributed by atoms with Crippen molar-refractivity contribution in [2.24, 2.45) is 0 Å². The minimum absolute atomic E-state index is 0.00472. The molecule has 88 valence electrons. The molecule has 0 bridgehead atoms. The number of nitrogens with one attached hydrogen (secondary N) is 1. The van der Waals surface area contributed by atoms with Gasteiger partial charge in [-0.15, -0.1) is 0 Å². The number of halogens is 1. The first-order valence-corrected chi connectivity index (χ1v) is 6.36. The van der Waals surface area contributed by atoms with Gasteiger partial charge in [-0.1, -0.05) is 0 Å². The maximum absolute atomic E-state index is 12.1. The van der Waals surface area contributed by atoms with Crippen molar-refractivity contribution in [1.29, 1.82) is 0 Å². The molecule has 1 aromatic rings. The Labute approximate surface area is 104 Å². The smallest absolute Gasteiger partial charge is 0.268 e. The third kappa shape index (κ3) is 2.67. The highest BCUT2D eigenvalue weighted by molar-refractivity contribution is 9.10. The summed E-state index contributed by atoms with van der Waals surface area (Å²) in [6.07, 6.45) is 4.35. The third-order valence-corrected chi connectivity index (χ3v) is 2.91. The molecule has 4 heteroatoms. The van der Waals surface area contributed by atoms with E-state index in [0.29, 0.717) is 6.04 Å². The second-order valence-electron chi connectivity index (χ2n) is 5.39. The molecular formula is C12H17BrN2O. The number of carbonyl (C=O) groups excluding carboxylic acids is 1. The van der Waals surface area contributed by atoms with Crippen LogP contribution in [-0.2, 0) is 0 Å². The lowest BCUT2D eigenvalue weighted by Gasteiger charge is -2.21. The van der Waals surface area contributed by atoms with Crippen LogP contribution in [0.1, 0.15) is 50.1 Å². The van der Waals surface area contributed by atoms with Crippen LogP contribution in [-0.4, -0.2) is 16.0 Å². The van der Waals surface area contributed by atoms with E-state index in [9.17, 15) is 4.79 Å². The van der Waals surface area contributed by atoms with E-state index >= 15 is 0 Å². The van der Waals surface area contributed by atoms with Crippen LogP contribution >= 0.6 is 15.9 Å². The van der Waals surface area contributed by atoms with E-state index in [2.05, 4.69) is 25.8 Å².